The lowest BCUT2D eigenvalue weighted by Gasteiger charge is -2.32. The van der Waals surface area contributed by atoms with Crippen LogP contribution < -0.4 is 5.32 Å². The zero-order valence-electron chi connectivity index (χ0n) is 14.6. The maximum atomic E-state index is 12.8. The van der Waals surface area contributed by atoms with E-state index in [1.165, 1.54) is 12.0 Å². The Hall–Kier alpha value is -2.66. The number of nitrogens with one attached hydrogen (secondary N) is 2. The van der Waals surface area contributed by atoms with Crippen LogP contribution in [-0.4, -0.2) is 27.0 Å². The van der Waals surface area contributed by atoms with Gasteiger partial charge in [0.2, 0.25) is 0 Å². The van der Waals surface area contributed by atoms with Crippen molar-refractivity contribution in [2.75, 3.05) is 0 Å². The number of hydrogen-bond donors (Lipinski definition) is 3. The number of aliphatic hydroxyl groups is 1. The predicted molar refractivity (Wildman–Crippen MR) is 101 cm³/mol. The van der Waals surface area contributed by atoms with Crippen LogP contribution >= 0.6 is 0 Å². The molecule has 134 valence electrons. The first-order valence-corrected chi connectivity index (χ1v) is 9.20. The van der Waals surface area contributed by atoms with Crippen molar-refractivity contribution in [2.45, 2.75) is 44.2 Å². The van der Waals surface area contributed by atoms with E-state index >= 15 is 0 Å². The molecular formula is C21H23N3O2. The van der Waals surface area contributed by atoms with E-state index in [0.717, 1.165) is 30.3 Å². The van der Waals surface area contributed by atoms with Gasteiger partial charge in [-0.15, -0.1) is 0 Å². The highest BCUT2D eigenvalue weighted by Gasteiger charge is 2.28. The van der Waals surface area contributed by atoms with Crippen LogP contribution in [0.4, 0.5) is 0 Å². The van der Waals surface area contributed by atoms with Gasteiger partial charge in [-0.1, -0.05) is 43.2 Å². The van der Waals surface area contributed by atoms with Crippen LogP contribution in [-0.2, 0) is 6.61 Å². The fourth-order valence-electron chi connectivity index (χ4n) is 3.93. The molecule has 0 saturated heterocycles. The normalized spacial score (nSPS) is 20.2. The molecule has 3 aromatic rings. The van der Waals surface area contributed by atoms with E-state index in [1.54, 1.807) is 12.1 Å². The monoisotopic (exact) mass is 349 g/mol. The fourth-order valence-corrected chi connectivity index (χ4v) is 3.93. The van der Waals surface area contributed by atoms with Crippen molar-refractivity contribution in [1.29, 1.82) is 0 Å². The van der Waals surface area contributed by atoms with Gasteiger partial charge in [0.25, 0.3) is 5.91 Å². The molecule has 1 aliphatic rings. The molecule has 0 spiro atoms. The summed E-state index contributed by atoms with van der Waals surface area (Å²) in [5.41, 5.74) is 3.44. The topological polar surface area (TPSA) is 78.0 Å². The molecule has 1 aromatic heterocycles. The summed E-state index contributed by atoms with van der Waals surface area (Å²) in [6, 6.07) is 16.0. The predicted octanol–water partition coefficient (Wildman–Crippen LogP) is 3.51. The SMILES string of the molecule is O=C(N[C@@H]1CCCC[C@H]1c1ccccc1)c1ccc2nc(CO)[nH]c2c1. The Morgan fingerprint density at radius 1 is 1.15 bits per heavy atom. The van der Waals surface area contributed by atoms with E-state index in [0.29, 0.717) is 17.3 Å². The molecule has 0 bridgehead atoms. The number of aromatic amines is 1. The lowest BCUT2D eigenvalue weighted by atomic mass is 9.80. The first-order valence-electron chi connectivity index (χ1n) is 9.20. The molecule has 1 heterocycles. The van der Waals surface area contributed by atoms with Crippen LogP contribution in [0.25, 0.3) is 11.0 Å². The second-order valence-electron chi connectivity index (χ2n) is 6.96. The van der Waals surface area contributed by atoms with Gasteiger partial charge in [0.15, 0.2) is 0 Å². The zero-order chi connectivity index (χ0) is 17.9. The number of aliphatic hydroxyl groups excluding tert-OH is 1. The molecule has 5 heteroatoms. The van der Waals surface area contributed by atoms with Crippen molar-refractivity contribution in [3.63, 3.8) is 0 Å². The molecule has 3 N–H and O–H groups in total. The number of amides is 1. The van der Waals surface area contributed by atoms with Crippen molar-refractivity contribution in [3.05, 3.63) is 65.5 Å². The first kappa shape index (κ1) is 16.8. The minimum atomic E-state index is -0.142. The average Bonchev–Trinajstić information content (AvgIpc) is 3.11. The second kappa shape index (κ2) is 7.30. The Morgan fingerprint density at radius 3 is 2.77 bits per heavy atom. The van der Waals surface area contributed by atoms with Crippen LogP contribution in [0.3, 0.4) is 0 Å². The van der Waals surface area contributed by atoms with Crippen LogP contribution in [0.5, 0.6) is 0 Å². The molecule has 1 saturated carbocycles. The van der Waals surface area contributed by atoms with Crippen LogP contribution in [0, 0.1) is 0 Å². The van der Waals surface area contributed by atoms with Gasteiger partial charge in [0, 0.05) is 17.5 Å². The van der Waals surface area contributed by atoms with E-state index in [2.05, 4.69) is 39.6 Å². The third-order valence-corrected chi connectivity index (χ3v) is 5.25. The van der Waals surface area contributed by atoms with E-state index < -0.39 is 0 Å². The molecule has 2 atom stereocenters. The highest BCUT2D eigenvalue weighted by Crippen LogP contribution is 2.33. The summed E-state index contributed by atoms with van der Waals surface area (Å²) in [7, 11) is 0. The Kier molecular flexibility index (Phi) is 4.71. The van der Waals surface area contributed by atoms with E-state index in [1.807, 2.05) is 12.1 Å². The Labute approximate surface area is 152 Å². The Bertz CT molecular complexity index is 904. The van der Waals surface area contributed by atoms with Gasteiger partial charge in [-0.05, 0) is 36.6 Å². The summed E-state index contributed by atoms with van der Waals surface area (Å²) < 4.78 is 0. The number of imidazole rings is 1. The number of carbonyl (C=O) groups excluding carboxylic acids is 1. The Morgan fingerprint density at radius 2 is 1.96 bits per heavy atom. The van der Waals surface area contributed by atoms with Crippen molar-refractivity contribution in [2.24, 2.45) is 0 Å². The largest absolute Gasteiger partial charge is 0.388 e. The average molecular weight is 349 g/mol. The standard InChI is InChI=1S/C21H23N3O2/c25-13-20-22-18-11-10-15(12-19(18)23-20)21(26)24-17-9-5-4-8-16(17)14-6-2-1-3-7-14/h1-3,6-7,10-12,16-17,25H,4-5,8-9,13H2,(H,22,23)(H,24,26)/t16-,17+/m0/s1. The molecular weight excluding hydrogens is 326 g/mol. The van der Waals surface area contributed by atoms with E-state index in [4.69, 9.17) is 0 Å². The van der Waals surface area contributed by atoms with E-state index in [9.17, 15) is 9.90 Å². The molecule has 4 rings (SSSR count). The molecule has 26 heavy (non-hydrogen) atoms. The highest BCUT2D eigenvalue weighted by molar-refractivity contribution is 5.97. The van der Waals surface area contributed by atoms with E-state index in [-0.39, 0.29) is 18.6 Å². The van der Waals surface area contributed by atoms with Gasteiger partial charge in [0.05, 0.1) is 11.0 Å². The Balaban J connectivity index is 1.54. The molecule has 1 amide bonds. The summed E-state index contributed by atoms with van der Waals surface area (Å²) in [5, 5.41) is 12.4. The summed E-state index contributed by atoms with van der Waals surface area (Å²) in [4.78, 5) is 20.1. The maximum Gasteiger partial charge on any atom is 0.251 e. The minimum absolute atomic E-state index is 0.0557. The lowest BCUT2D eigenvalue weighted by Crippen LogP contribution is -2.41. The summed E-state index contributed by atoms with van der Waals surface area (Å²) in [6.45, 7) is -0.142. The summed E-state index contributed by atoms with van der Waals surface area (Å²) in [5.74, 6) is 0.819. The molecule has 5 nitrogen and oxygen atoms in total. The number of H-pyrrole nitrogens is 1. The van der Waals surface area contributed by atoms with Gasteiger partial charge in [-0.3, -0.25) is 4.79 Å². The number of aromatic nitrogens is 2. The molecule has 0 unspecified atom stereocenters. The number of nitrogens with zero attached hydrogens (tertiary/aromatic N) is 1. The smallest absolute Gasteiger partial charge is 0.251 e. The third kappa shape index (κ3) is 3.35. The fraction of sp³-hybridized carbons (Fsp3) is 0.333. The molecule has 1 fully saturated rings. The first-order chi connectivity index (χ1) is 12.7. The third-order valence-electron chi connectivity index (χ3n) is 5.25. The minimum Gasteiger partial charge on any atom is -0.388 e. The molecule has 2 aromatic carbocycles. The number of carbonyl (C=O) groups is 1. The van der Waals surface area contributed by atoms with Gasteiger partial charge in [0.1, 0.15) is 12.4 Å². The highest BCUT2D eigenvalue weighted by atomic mass is 16.3. The lowest BCUT2D eigenvalue weighted by molar-refractivity contribution is 0.0921. The van der Waals surface area contributed by atoms with Gasteiger partial charge >= 0.3 is 0 Å². The van der Waals surface area contributed by atoms with Gasteiger partial charge in [-0.2, -0.15) is 0 Å². The number of hydrogen-bond acceptors (Lipinski definition) is 3. The van der Waals surface area contributed by atoms with Crippen LogP contribution in [0.15, 0.2) is 48.5 Å². The van der Waals surface area contributed by atoms with Crippen molar-refractivity contribution in [3.8, 4) is 0 Å². The summed E-state index contributed by atoms with van der Waals surface area (Å²) in [6.07, 6.45) is 4.46. The molecule has 0 radical (unpaired) electrons. The van der Waals surface area contributed by atoms with Crippen molar-refractivity contribution < 1.29 is 9.90 Å². The van der Waals surface area contributed by atoms with Gasteiger partial charge < -0.3 is 15.4 Å². The summed E-state index contributed by atoms with van der Waals surface area (Å²) >= 11 is 0. The van der Waals surface area contributed by atoms with Crippen molar-refractivity contribution in [1.82, 2.24) is 15.3 Å². The quantitative estimate of drug-likeness (QED) is 0.674. The van der Waals surface area contributed by atoms with Crippen LogP contribution in [0.2, 0.25) is 0 Å². The number of fused-ring (bicyclic) bond motifs is 1. The van der Waals surface area contributed by atoms with Crippen LogP contribution in [0.1, 0.15) is 53.3 Å². The second-order valence-corrected chi connectivity index (χ2v) is 6.96. The molecule has 1 aliphatic carbocycles. The zero-order valence-corrected chi connectivity index (χ0v) is 14.6. The number of rotatable bonds is 4. The van der Waals surface area contributed by atoms with Gasteiger partial charge in [-0.25, -0.2) is 4.98 Å². The van der Waals surface area contributed by atoms with Crippen molar-refractivity contribution >= 4 is 16.9 Å². The number of benzene rings is 2. The maximum absolute atomic E-state index is 12.8. The molecule has 0 aliphatic heterocycles.